The Morgan fingerprint density at radius 3 is 2.45 bits per heavy atom. The first-order chi connectivity index (χ1) is 10.7. The molecule has 0 radical (unpaired) electrons. The summed E-state index contributed by atoms with van der Waals surface area (Å²) in [6.07, 6.45) is 2.16. The van der Waals surface area contributed by atoms with Gasteiger partial charge >= 0.3 is 0 Å². The van der Waals surface area contributed by atoms with E-state index >= 15 is 0 Å². The molecule has 22 heavy (non-hydrogen) atoms. The number of amides is 1. The molecule has 0 aliphatic heterocycles. The molecule has 0 aliphatic rings. The monoisotopic (exact) mass is 324 g/mol. The molecule has 1 N–H and O–H groups in total. The number of carbonyl (C=O) groups excluding carboxylic acids is 1. The number of hydrogen-bond acceptors (Lipinski definition) is 4. The summed E-state index contributed by atoms with van der Waals surface area (Å²) in [5.41, 5.74) is 0.665. The van der Waals surface area contributed by atoms with Gasteiger partial charge in [-0.25, -0.2) is 0 Å². The molecule has 0 bridgehead atoms. The van der Waals surface area contributed by atoms with Gasteiger partial charge in [0.2, 0.25) is 0 Å². The van der Waals surface area contributed by atoms with Crippen LogP contribution in [-0.4, -0.2) is 42.8 Å². The smallest absolute Gasteiger partial charge is 0.261 e. The lowest BCUT2D eigenvalue weighted by molar-refractivity contribution is 0.0984. The summed E-state index contributed by atoms with van der Waals surface area (Å²) in [6.45, 7) is 10.2. The fourth-order valence-corrected chi connectivity index (χ4v) is 2.63. The molecular weight excluding hydrogens is 296 g/mol. The van der Waals surface area contributed by atoms with Crippen molar-refractivity contribution in [3.63, 3.8) is 0 Å². The second-order valence-electron chi connectivity index (χ2n) is 5.03. The standard InChI is InChI=1S/C17H28N2O2S/c1-4-7-13-21-16-10-8-15(9-11-16)17(20)18-22-14-12-19(5-2)6-3/h8-11H,4-7,12-14H2,1-3H3,(H,18,20). The van der Waals surface area contributed by atoms with Crippen molar-refractivity contribution in [2.45, 2.75) is 33.6 Å². The average molecular weight is 324 g/mol. The van der Waals surface area contributed by atoms with Gasteiger partial charge in [-0.1, -0.05) is 27.2 Å². The van der Waals surface area contributed by atoms with Crippen molar-refractivity contribution in [2.75, 3.05) is 32.0 Å². The van der Waals surface area contributed by atoms with Gasteiger partial charge in [-0.3, -0.25) is 9.52 Å². The van der Waals surface area contributed by atoms with Crippen molar-refractivity contribution < 1.29 is 9.53 Å². The number of benzene rings is 1. The molecule has 1 aromatic carbocycles. The molecule has 0 fully saturated rings. The first kappa shape index (κ1) is 18.8. The van der Waals surface area contributed by atoms with E-state index in [0.29, 0.717) is 5.56 Å². The maximum Gasteiger partial charge on any atom is 0.261 e. The van der Waals surface area contributed by atoms with E-state index in [1.54, 1.807) is 0 Å². The first-order valence-corrected chi connectivity index (χ1v) is 9.07. The lowest BCUT2D eigenvalue weighted by atomic mass is 10.2. The molecule has 1 amide bonds. The molecule has 5 heteroatoms. The molecule has 1 rings (SSSR count). The van der Waals surface area contributed by atoms with Crippen LogP contribution in [0, 0.1) is 0 Å². The molecule has 0 spiro atoms. The largest absolute Gasteiger partial charge is 0.494 e. The van der Waals surface area contributed by atoms with Crippen molar-refractivity contribution in [3.8, 4) is 5.75 Å². The molecule has 0 atom stereocenters. The quantitative estimate of drug-likeness (QED) is 0.499. The van der Waals surface area contributed by atoms with Crippen molar-refractivity contribution in [1.29, 1.82) is 0 Å². The average Bonchev–Trinajstić information content (AvgIpc) is 2.55. The van der Waals surface area contributed by atoms with E-state index in [9.17, 15) is 4.79 Å². The van der Waals surface area contributed by atoms with Crippen LogP contribution in [0.2, 0.25) is 0 Å². The highest BCUT2D eigenvalue weighted by Crippen LogP contribution is 2.13. The lowest BCUT2D eigenvalue weighted by Gasteiger charge is -2.17. The molecule has 0 saturated heterocycles. The van der Waals surface area contributed by atoms with Crippen molar-refractivity contribution >= 4 is 17.9 Å². The summed E-state index contributed by atoms with van der Waals surface area (Å²) in [7, 11) is 0. The first-order valence-electron chi connectivity index (χ1n) is 8.08. The lowest BCUT2D eigenvalue weighted by Crippen LogP contribution is -2.27. The predicted molar refractivity (Wildman–Crippen MR) is 94.6 cm³/mol. The van der Waals surface area contributed by atoms with Crippen LogP contribution in [-0.2, 0) is 0 Å². The number of rotatable bonds is 11. The molecule has 0 unspecified atom stereocenters. The molecule has 1 aromatic rings. The zero-order valence-corrected chi connectivity index (χ0v) is 14.7. The molecule has 0 saturated carbocycles. The molecule has 0 aromatic heterocycles. The summed E-state index contributed by atoms with van der Waals surface area (Å²) in [4.78, 5) is 14.3. The van der Waals surface area contributed by atoms with Crippen LogP contribution in [0.1, 0.15) is 44.0 Å². The third-order valence-corrected chi connectivity index (χ3v) is 4.17. The topological polar surface area (TPSA) is 41.6 Å². The van der Waals surface area contributed by atoms with Crippen molar-refractivity contribution in [1.82, 2.24) is 9.62 Å². The van der Waals surface area contributed by atoms with Crippen molar-refractivity contribution in [2.24, 2.45) is 0 Å². The minimum absolute atomic E-state index is 0.0512. The Bertz CT molecular complexity index is 419. The molecular formula is C17H28N2O2S. The Hall–Kier alpha value is -1.20. The third kappa shape index (κ3) is 7.18. The van der Waals surface area contributed by atoms with Crippen molar-refractivity contribution in [3.05, 3.63) is 29.8 Å². The second kappa shape index (κ2) is 11.4. The SMILES string of the molecule is CCCCOc1ccc(C(=O)NSCCN(CC)CC)cc1. The fourth-order valence-electron chi connectivity index (χ4n) is 1.93. The van der Waals surface area contributed by atoms with E-state index in [-0.39, 0.29) is 5.91 Å². The summed E-state index contributed by atoms with van der Waals surface area (Å²) in [5.74, 6) is 1.66. The van der Waals surface area contributed by atoms with E-state index in [0.717, 1.165) is 50.6 Å². The molecule has 4 nitrogen and oxygen atoms in total. The fraction of sp³-hybridized carbons (Fsp3) is 0.588. The summed E-state index contributed by atoms with van der Waals surface area (Å²) in [5, 5.41) is 0. The van der Waals surface area contributed by atoms with Crippen LogP contribution in [0.4, 0.5) is 0 Å². The maximum atomic E-state index is 12.0. The number of carbonyl (C=O) groups is 1. The van der Waals surface area contributed by atoms with Gasteiger partial charge in [-0.15, -0.1) is 0 Å². The van der Waals surface area contributed by atoms with Gasteiger partial charge in [0, 0.05) is 17.9 Å². The van der Waals surface area contributed by atoms with E-state index in [2.05, 4.69) is 30.4 Å². The summed E-state index contributed by atoms with van der Waals surface area (Å²) < 4.78 is 8.47. The van der Waals surface area contributed by atoms with Gasteiger partial charge in [-0.2, -0.15) is 0 Å². The summed E-state index contributed by atoms with van der Waals surface area (Å²) >= 11 is 1.46. The second-order valence-corrected chi connectivity index (χ2v) is 5.93. The minimum Gasteiger partial charge on any atom is -0.494 e. The third-order valence-electron chi connectivity index (χ3n) is 3.45. The number of hydrogen-bond donors (Lipinski definition) is 1. The highest BCUT2D eigenvalue weighted by molar-refractivity contribution is 7.97. The van der Waals surface area contributed by atoms with Gasteiger partial charge < -0.3 is 9.64 Å². The predicted octanol–water partition coefficient (Wildman–Crippen LogP) is 3.59. The van der Waals surface area contributed by atoms with Gasteiger partial charge in [0.15, 0.2) is 0 Å². The van der Waals surface area contributed by atoms with Gasteiger partial charge in [0.05, 0.1) is 6.61 Å². The Kier molecular flexibility index (Phi) is 9.75. The zero-order chi connectivity index (χ0) is 16.2. The van der Waals surface area contributed by atoms with Gasteiger partial charge in [-0.05, 0) is 55.7 Å². The van der Waals surface area contributed by atoms with Gasteiger partial charge in [0.1, 0.15) is 5.75 Å². The Balaban J connectivity index is 2.30. The van der Waals surface area contributed by atoms with Crippen LogP contribution in [0.3, 0.4) is 0 Å². The highest BCUT2D eigenvalue weighted by atomic mass is 32.2. The van der Waals surface area contributed by atoms with Crippen LogP contribution >= 0.6 is 11.9 Å². The van der Waals surface area contributed by atoms with E-state index in [4.69, 9.17) is 4.74 Å². The summed E-state index contributed by atoms with van der Waals surface area (Å²) in [6, 6.07) is 7.32. The van der Waals surface area contributed by atoms with E-state index in [1.807, 2.05) is 24.3 Å². The van der Waals surface area contributed by atoms with Crippen LogP contribution in [0.25, 0.3) is 0 Å². The normalized spacial score (nSPS) is 10.7. The number of nitrogens with zero attached hydrogens (tertiary/aromatic N) is 1. The van der Waals surface area contributed by atoms with E-state index < -0.39 is 0 Å². The Morgan fingerprint density at radius 1 is 1.18 bits per heavy atom. The highest BCUT2D eigenvalue weighted by Gasteiger charge is 2.06. The number of nitrogens with one attached hydrogen (secondary N) is 1. The molecule has 0 aliphatic carbocycles. The Labute approximate surface area is 138 Å². The number of ether oxygens (including phenoxy) is 1. The minimum atomic E-state index is -0.0512. The van der Waals surface area contributed by atoms with E-state index in [1.165, 1.54) is 11.9 Å². The maximum absolute atomic E-state index is 12.0. The van der Waals surface area contributed by atoms with Gasteiger partial charge in [0.25, 0.3) is 5.91 Å². The van der Waals surface area contributed by atoms with Crippen LogP contribution in [0.5, 0.6) is 5.75 Å². The Morgan fingerprint density at radius 2 is 1.86 bits per heavy atom. The molecule has 0 heterocycles. The van der Waals surface area contributed by atoms with Crippen LogP contribution < -0.4 is 9.46 Å². The number of unbranched alkanes of at least 4 members (excludes halogenated alkanes) is 1. The zero-order valence-electron chi connectivity index (χ0n) is 13.9. The molecule has 124 valence electrons. The van der Waals surface area contributed by atoms with Crippen LogP contribution in [0.15, 0.2) is 24.3 Å².